The van der Waals surface area contributed by atoms with E-state index in [4.69, 9.17) is 9.47 Å². The molecule has 1 aliphatic rings. The second kappa shape index (κ2) is 8.81. The first-order valence-corrected chi connectivity index (χ1v) is 10.3. The highest BCUT2D eigenvalue weighted by Crippen LogP contribution is 2.21. The molecule has 8 nitrogen and oxygen atoms in total. The fourth-order valence-corrected chi connectivity index (χ4v) is 4.43. The van der Waals surface area contributed by atoms with E-state index in [1.165, 1.54) is 35.5 Å². The molecule has 0 saturated carbocycles. The number of morpholine rings is 1. The molecule has 0 radical (unpaired) electrons. The Labute approximate surface area is 159 Å². The van der Waals surface area contributed by atoms with E-state index in [0.29, 0.717) is 6.54 Å². The number of carbonyl (C=O) groups is 2. The molecule has 1 fully saturated rings. The lowest BCUT2D eigenvalue weighted by Crippen LogP contribution is -2.48. The molecule has 9 heteroatoms. The van der Waals surface area contributed by atoms with Crippen LogP contribution in [0.3, 0.4) is 0 Å². The van der Waals surface area contributed by atoms with Crippen molar-refractivity contribution in [1.82, 2.24) is 9.62 Å². The molecule has 1 aromatic rings. The van der Waals surface area contributed by atoms with E-state index in [2.05, 4.69) is 5.32 Å². The summed E-state index contributed by atoms with van der Waals surface area (Å²) in [5.74, 6) is -1.08. The SMILES string of the molecule is CCNC(=O)[C@@H](C)OC(=O)c1ccc(S(=O)(=O)N2C[C@@H](C)O[C@H](C)C2)cc1. The number of likely N-dealkylation sites (N-methyl/N-ethyl adjacent to an activating group) is 1. The van der Waals surface area contributed by atoms with Gasteiger partial charge in [0.2, 0.25) is 10.0 Å². The highest BCUT2D eigenvalue weighted by atomic mass is 32.2. The maximum Gasteiger partial charge on any atom is 0.338 e. The van der Waals surface area contributed by atoms with Crippen molar-refractivity contribution >= 4 is 21.9 Å². The topological polar surface area (TPSA) is 102 Å². The van der Waals surface area contributed by atoms with Gasteiger partial charge < -0.3 is 14.8 Å². The van der Waals surface area contributed by atoms with Gasteiger partial charge in [0.05, 0.1) is 22.7 Å². The van der Waals surface area contributed by atoms with Crippen molar-refractivity contribution in [3.63, 3.8) is 0 Å². The molecular weight excluding hydrogens is 372 g/mol. The van der Waals surface area contributed by atoms with E-state index in [-0.39, 0.29) is 41.7 Å². The second-order valence-corrected chi connectivity index (χ2v) is 8.48. The normalized spacial score (nSPS) is 22.1. The number of ether oxygens (including phenoxy) is 2. The molecule has 1 saturated heterocycles. The van der Waals surface area contributed by atoms with Gasteiger partial charge >= 0.3 is 5.97 Å². The van der Waals surface area contributed by atoms with Crippen LogP contribution in [-0.2, 0) is 24.3 Å². The number of carbonyl (C=O) groups excluding carboxylic acids is 2. The first-order chi connectivity index (χ1) is 12.6. The Kier molecular flexibility index (Phi) is 6.96. The Morgan fingerprint density at radius 2 is 1.78 bits per heavy atom. The molecule has 0 spiro atoms. The van der Waals surface area contributed by atoms with Crippen molar-refractivity contribution in [2.24, 2.45) is 0 Å². The molecule has 1 amide bonds. The van der Waals surface area contributed by atoms with Gasteiger partial charge in [-0.1, -0.05) is 0 Å². The Morgan fingerprint density at radius 3 is 2.30 bits per heavy atom. The Bertz CT molecular complexity index is 768. The molecule has 27 heavy (non-hydrogen) atoms. The molecule has 1 aromatic carbocycles. The van der Waals surface area contributed by atoms with Crippen LogP contribution in [0.15, 0.2) is 29.2 Å². The molecular formula is C18H26N2O6S. The van der Waals surface area contributed by atoms with Crippen LogP contribution < -0.4 is 5.32 Å². The van der Waals surface area contributed by atoms with E-state index in [0.717, 1.165) is 0 Å². The lowest BCUT2D eigenvalue weighted by atomic mass is 10.2. The van der Waals surface area contributed by atoms with Crippen molar-refractivity contribution in [2.75, 3.05) is 19.6 Å². The first-order valence-electron chi connectivity index (χ1n) is 8.89. The van der Waals surface area contributed by atoms with E-state index >= 15 is 0 Å². The smallest absolute Gasteiger partial charge is 0.338 e. The maximum atomic E-state index is 12.8. The third-order valence-electron chi connectivity index (χ3n) is 4.12. The molecule has 0 bridgehead atoms. The van der Waals surface area contributed by atoms with Gasteiger partial charge in [0.25, 0.3) is 5.91 Å². The number of rotatable bonds is 6. The predicted molar refractivity (Wildman–Crippen MR) is 98.8 cm³/mol. The summed E-state index contributed by atoms with van der Waals surface area (Å²) in [6, 6.07) is 5.50. The standard InChI is InChI=1S/C18H26N2O6S/c1-5-19-17(21)14(4)26-18(22)15-6-8-16(9-7-15)27(23,24)20-10-12(2)25-13(3)11-20/h6-9,12-14H,5,10-11H2,1-4H3,(H,19,21)/t12-,13-,14-/m1/s1. The number of esters is 1. The van der Waals surface area contributed by atoms with Gasteiger partial charge in [-0.15, -0.1) is 0 Å². The molecule has 2 rings (SSSR count). The number of benzene rings is 1. The molecule has 1 aliphatic heterocycles. The monoisotopic (exact) mass is 398 g/mol. The third-order valence-corrected chi connectivity index (χ3v) is 5.96. The zero-order valence-electron chi connectivity index (χ0n) is 16.0. The first kappa shape index (κ1) is 21.3. The molecule has 0 unspecified atom stereocenters. The summed E-state index contributed by atoms with van der Waals surface area (Å²) in [5, 5.41) is 2.56. The van der Waals surface area contributed by atoms with Gasteiger partial charge in [-0.3, -0.25) is 4.79 Å². The summed E-state index contributed by atoms with van der Waals surface area (Å²) in [7, 11) is -3.68. The van der Waals surface area contributed by atoms with Crippen LogP contribution in [0.4, 0.5) is 0 Å². The minimum absolute atomic E-state index is 0.0946. The van der Waals surface area contributed by atoms with Crippen LogP contribution in [0.25, 0.3) is 0 Å². The van der Waals surface area contributed by atoms with Crippen molar-refractivity contribution in [3.8, 4) is 0 Å². The molecule has 0 aliphatic carbocycles. The Hall–Kier alpha value is -1.97. The van der Waals surface area contributed by atoms with Gasteiger partial charge in [0.1, 0.15) is 0 Å². The minimum atomic E-state index is -3.68. The number of sulfonamides is 1. The van der Waals surface area contributed by atoms with Gasteiger partial charge in [-0.05, 0) is 52.0 Å². The number of hydrogen-bond acceptors (Lipinski definition) is 6. The van der Waals surface area contributed by atoms with Crippen molar-refractivity contribution in [2.45, 2.75) is 50.9 Å². The van der Waals surface area contributed by atoms with Gasteiger partial charge in [0, 0.05) is 19.6 Å². The molecule has 0 aromatic heterocycles. The maximum absolute atomic E-state index is 12.8. The lowest BCUT2D eigenvalue weighted by molar-refractivity contribution is -0.128. The molecule has 1 N–H and O–H groups in total. The van der Waals surface area contributed by atoms with Crippen LogP contribution in [0, 0.1) is 0 Å². The summed E-state index contributed by atoms with van der Waals surface area (Å²) in [4.78, 5) is 23.9. The summed E-state index contributed by atoms with van der Waals surface area (Å²) < 4.78 is 37.6. The number of hydrogen-bond donors (Lipinski definition) is 1. The zero-order valence-corrected chi connectivity index (χ0v) is 16.8. The quantitative estimate of drug-likeness (QED) is 0.722. The number of amides is 1. The summed E-state index contributed by atoms with van der Waals surface area (Å²) in [6.45, 7) is 7.89. The Balaban J connectivity index is 2.09. The average molecular weight is 398 g/mol. The van der Waals surface area contributed by atoms with E-state index < -0.39 is 22.1 Å². The highest BCUT2D eigenvalue weighted by Gasteiger charge is 2.32. The Morgan fingerprint density at radius 1 is 1.22 bits per heavy atom. The fourth-order valence-electron chi connectivity index (χ4n) is 2.84. The zero-order chi connectivity index (χ0) is 20.2. The van der Waals surface area contributed by atoms with Crippen molar-refractivity contribution in [1.29, 1.82) is 0 Å². The van der Waals surface area contributed by atoms with Crippen LogP contribution in [-0.4, -0.2) is 62.5 Å². The fraction of sp³-hybridized carbons (Fsp3) is 0.556. The van der Waals surface area contributed by atoms with Gasteiger partial charge in [0.15, 0.2) is 6.10 Å². The molecule has 3 atom stereocenters. The van der Waals surface area contributed by atoms with Gasteiger partial charge in [-0.2, -0.15) is 4.31 Å². The van der Waals surface area contributed by atoms with Crippen LogP contribution in [0.1, 0.15) is 38.1 Å². The van der Waals surface area contributed by atoms with Crippen LogP contribution in [0.2, 0.25) is 0 Å². The molecule has 1 heterocycles. The predicted octanol–water partition coefficient (Wildman–Crippen LogP) is 1.17. The van der Waals surface area contributed by atoms with Crippen LogP contribution in [0.5, 0.6) is 0 Å². The van der Waals surface area contributed by atoms with E-state index in [1.54, 1.807) is 6.92 Å². The highest BCUT2D eigenvalue weighted by molar-refractivity contribution is 7.89. The molecule has 150 valence electrons. The van der Waals surface area contributed by atoms with E-state index in [1.807, 2.05) is 13.8 Å². The van der Waals surface area contributed by atoms with Crippen LogP contribution >= 0.6 is 0 Å². The number of nitrogens with zero attached hydrogens (tertiary/aromatic N) is 1. The third kappa shape index (κ3) is 5.27. The number of nitrogens with one attached hydrogen (secondary N) is 1. The second-order valence-electron chi connectivity index (χ2n) is 6.55. The summed E-state index contributed by atoms with van der Waals surface area (Å²) in [5.41, 5.74) is 0.175. The van der Waals surface area contributed by atoms with Gasteiger partial charge in [-0.25, -0.2) is 13.2 Å². The minimum Gasteiger partial charge on any atom is -0.449 e. The van der Waals surface area contributed by atoms with E-state index in [9.17, 15) is 18.0 Å². The van der Waals surface area contributed by atoms with Crippen molar-refractivity contribution < 1.29 is 27.5 Å². The van der Waals surface area contributed by atoms with Crippen molar-refractivity contribution in [3.05, 3.63) is 29.8 Å². The largest absolute Gasteiger partial charge is 0.449 e. The summed E-state index contributed by atoms with van der Waals surface area (Å²) >= 11 is 0. The average Bonchev–Trinajstić information content (AvgIpc) is 2.61. The lowest BCUT2D eigenvalue weighted by Gasteiger charge is -2.34. The summed E-state index contributed by atoms with van der Waals surface area (Å²) in [6.07, 6.45) is -1.31.